The Balaban J connectivity index is 1.61. The van der Waals surface area contributed by atoms with Gasteiger partial charge in [0.15, 0.2) is 0 Å². The van der Waals surface area contributed by atoms with E-state index in [9.17, 15) is 4.79 Å². The fourth-order valence-corrected chi connectivity index (χ4v) is 3.79. The van der Waals surface area contributed by atoms with E-state index >= 15 is 0 Å². The molecule has 1 atom stereocenters. The molecule has 1 fully saturated rings. The summed E-state index contributed by atoms with van der Waals surface area (Å²) >= 11 is 1.31. The summed E-state index contributed by atoms with van der Waals surface area (Å²) < 4.78 is 5.66. The Hall–Kier alpha value is -1.89. The molecule has 0 radical (unpaired) electrons. The van der Waals surface area contributed by atoms with Crippen molar-refractivity contribution in [3.63, 3.8) is 0 Å². The van der Waals surface area contributed by atoms with Crippen molar-refractivity contribution in [3.05, 3.63) is 24.5 Å². The van der Waals surface area contributed by atoms with E-state index in [4.69, 9.17) is 4.42 Å². The monoisotopic (exact) mass is 346 g/mol. The van der Waals surface area contributed by atoms with Crippen molar-refractivity contribution in [2.75, 3.05) is 7.05 Å². The molecule has 0 spiro atoms. The Bertz CT molecular complexity index is 670. The fraction of sp³-hybridized carbons (Fsp3) is 0.529. The molecule has 1 unspecified atom stereocenters. The number of carbonyl (C=O) groups excluding carboxylic acids is 1. The summed E-state index contributed by atoms with van der Waals surface area (Å²) in [7, 11) is 1.91. The summed E-state index contributed by atoms with van der Waals surface area (Å²) in [6.07, 6.45) is 9.27. The Morgan fingerprint density at radius 1 is 1.25 bits per heavy atom. The zero-order chi connectivity index (χ0) is 16.9. The minimum Gasteiger partial charge on any atom is -0.411 e. The van der Waals surface area contributed by atoms with Gasteiger partial charge in [-0.25, -0.2) is 0 Å². The molecule has 0 saturated heterocycles. The van der Waals surface area contributed by atoms with Crippen LogP contribution < -0.4 is 0 Å². The van der Waals surface area contributed by atoms with E-state index in [0.717, 1.165) is 18.4 Å². The first kappa shape index (κ1) is 17.0. The van der Waals surface area contributed by atoms with Crippen LogP contribution in [0.4, 0.5) is 0 Å². The molecule has 1 aliphatic rings. The van der Waals surface area contributed by atoms with Crippen molar-refractivity contribution in [2.24, 2.45) is 0 Å². The summed E-state index contributed by atoms with van der Waals surface area (Å²) in [4.78, 5) is 18.5. The van der Waals surface area contributed by atoms with Crippen LogP contribution in [0.2, 0.25) is 0 Å². The van der Waals surface area contributed by atoms with Gasteiger partial charge in [0.25, 0.3) is 5.22 Å². The summed E-state index contributed by atoms with van der Waals surface area (Å²) in [6.45, 7) is 1.89. The van der Waals surface area contributed by atoms with Crippen LogP contribution in [0.15, 0.2) is 34.2 Å². The van der Waals surface area contributed by atoms with Gasteiger partial charge < -0.3 is 9.32 Å². The van der Waals surface area contributed by atoms with E-state index in [1.54, 1.807) is 12.4 Å². The van der Waals surface area contributed by atoms with Gasteiger partial charge in [-0.1, -0.05) is 31.0 Å². The molecule has 0 aliphatic heterocycles. The smallest absolute Gasteiger partial charge is 0.277 e. The first-order valence-corrected chi connectivity index (χ1v) is 9.20. The van der Waals surface area contributed by atoms with Crippen molar-refractivity contribution in [1.29, 1.82) is 0 Å². The molecule has 128 valence electrons. The molecule has 1 amide bonds. The Labute approximate surface area is 146 Å². The van der Waals surface area contributed by atoms with Gasteiger partial charge in [0.1, 0.15) is 0 Å². The van der Waals surface area contributed by atoms with Gasteiger partial charge in [-0.3, -0.25) is 9.78 Å². The van der Waals surface area contributed by atoms with E-state index in [0.29, 0.717) is 17.2 Å². The summed E-state index contributed by atoms with van der Waals surface area (Å²) in [6, 6.07) is 3.99. The average Bonchev–Trinajstić information content (AvgIpc) is 3.10. The van der Waals surface area contributed by atoms with Crippen LogP contribution in [0.25, 0.3) is 11.5 Å². The third-order valence-electron chi connectivity index (χ3n) is 4.43. The zero-order valence-corrected chi connectivity index (χ0v) is 14.8. The van der Waals surface area contributed by atoms with Crippen molar-refractivity contribution < 1.29 is 9.21 Å². The second-order valence-electron chi connectivity index (χ2n) is 6.11. The number of pyridine rings is 1. The molecule has 2 aromatic rings. The van der Waals surface area contributed by atoms with Crippen molar-refractivity contribution in [3.8, 4) is 11.5 Å². The van der Waals surface area contributed by atoms with Crippen LogP contribution in [0.1, 0.15) is 39.0 Å². The maximum atomic E-state index is 12.6. The second kappa shape index (κ2) is 7.79. The highest BCUT2D eigenvalue weighted by atomic mass is 32.2. The third kappa shape index (κ3) is 3.95. The molecule has 0 N–H and O–H groups in total. The molecule has 0 bridgehead atoms. The normalized spacial score (nSPS) is 16.8. The molecule has 1 aliphatic carbocycles. The SMILES string of the molecule is CC(Sc1nnc(-c2ccncc2)o1)C(=O)N(C)C1CCCCC1. The Morgan fingerprint density at radius 3 is 2.67 bits per heavy atom. The third-order valence-corrected chi connectivity index (χ3v) is 5.35. The number of rotatable bonds is 5. The largest absolute Gasteiger partial charge is 0.411 e. The number of amides is 1. The molecule has 24 heavy (non-hydrogen) atoms. The highest BCUT2D eigenvalue weighted by Gasteiger charge is 2.27. The first-order chi connectivity index (χ1) is 11.6. The van der Waals surface area contributed by atoms with Crippen LogP contribution in [0, 0.1) is 0 Å². The van der Waals surface area contributed by atoms with Crippen LogP contribution in [0.3, 0.4) is 0 Å². The van der Waals surface area contributed by atoms with E-state index in [1.807, 2.05) is 31.0 Å². The molecule has 2 aromatic heterocycles. The summed E-state index contributed by atoms with van der Waals surface area (Å²) in [5, 5.41) is 8.25. The Kier molecular flexibility index (Phi) is 5.50. The predicted octanol–water partition coefficient (Wildman–Crippen LogP) is 3.40. The van der Waals surface area contributed by atoms with Gasteiger partial charge in [-0.2, -0.15) is 0 Å². The maximum absolute atomic E-state index is 12.6. The number of hydrogen-bond acceptors (Lipinski definition) is 6. The molecule has 6 nitrogen and oxygen atoms in total. The number of thioether (sulfide) groups is 1. The van der Waals surface area contributed by atoms with Gasteiger partial charge in [0, 0.05) is 31.0 Å². The fourth-order valence-electron chi connectivity index (χ4n) is 3.01. The lowest BCUT2D eigenvalue weighted by atomic mass is 9.94. The van der Waals surface area contributed by atoms with Gasteiger partial charge in [-0.05, 0) is 31.9 Å². The molecule has 1 saturated carbocycles. The standard InChI is InChI=1S/C17H22N4O2S/c1-12(16(22)21(2)14-6-4-3-5-7-14)24-17-20-19-15(23-17)13-8-10-18-11-9-13/h8-12,14H,3-7H2,1-2H3. The second-order valence-corrected chi connectivity index (χ2v) is 7.40. The lowest BCUT2D eigenvalue weighted by Gasteiger charge is -2.32. The molecule has 0 aromatic carbocycles. The van der Waals surface area contributed by atoms with E-state index < -0.39 is 0 Å². The van der Waals surface area contributed by atoms with Crippen LogP contribution in [-0.2, 0) is 4.79 Å². The average molecular weight is 346 g/mol. The van der Waals surface area contributed by atoms with E-state index in [1.165, 1.54) is 31.0 Å². The number of nitrogens with zero attached hydrogens (tertiary/aromatic N) is 4. The topological polar surface area (TPSA) is 72.1 Å². The quantitative estimate of drug-likeness (QED) is 0.773. The van der Waals surface area contributed by atoms with Crippen LogP contribution in [0.5, 0.6) is 0 Å². The van der Waals surface area contributed by atoms with Crippen LogP contribution >= 0.6 is 11.8 Å². The zero-order valence-electron chi connectivity index (χ0n) is 14.0. The Morgan fingerprint density at radius 2 is 1.96 bits per heavy atom. The van der Waals surface area contributed by atoms with Gasteiger partial charge in [0.05, 0.1) is 5.25 Å². The maximum Gasteiger partial charge on any atom is 0.277 e. The van der Waals surface area contributed by atoms with Gasteiger partial charge in [-0.15, -0.1) is 10.2 Å². The number of carbonyl (C=O) groups is 1. The van der Waals surface area contributed by atoms with E-state index in [2.05, 4.69) is 15.2 Å². The van der Waals surface area contributed by atoms with E-state index in [-0.39, 0.29) is 11.2 Å². The molecular formula is C17H22N4O2S. The highest BCUT2D eigenvalue weighted by Crippen LogP contribution is 2.28. The van der Waals surface area contributed by atoms with Gasteiger partial charge in [0.2, 0.25) is 11.8 Å². The lowest BCUT2D eigenvalue weighted by Crippen LogP contribution is -2.42. The predicted molar refractivity (Wildman–Crippen MR) is 92.5 cm³/mol. The first-order valence-electron chi connectivity index (χ1n) is 8.32. The summed E-state index contributed by atoms with van der Waals surface area (Å²) in [5.74, 6) is 0.566. The molecule has 7 heteroatoms. The van der Waals surface area contributed by atoms with Crippen molar-refractivity contribution in [1.82, 2.24) is 20.1 Å². The highest BCUT2D eigenvalue weighted by molar-refractivity contribution is 8.00. The van der Waals surface area contributed by atoms with Crippen molar-refractivity contribution in [2.45, 2.75) is 55.5 Å². The summed E-state index contributed by atoms with van der Waals surface area (Å²) in [5.41, 5.74) is 0.822. The molecule has 3 rings (SSSR count). The van der Waals surface area contributed by atoms with Gasteiger partial charge >= 0.3 is 0 Å². The number of aromatic nitrogens is 3. The molecular weight excluding hydrogens is 324 g/mol. The number of hydrogen-bond donors (Lipinski definition) is 0. The lowest BCUT2D eigenvalue weighted by molar-refractivity contribution is -0.131. The minimum atomic E-state index is -0.248. The van der Waals surface area contributed by atoms with Crippen LogP contribution in [-0.4, -0.2) is 44.3 Å². The minimum absolute atomic E-state index is 0.121. The van der Waals surface area contributed by atoms with Crippen molar-refractivity contribution >= 4 is 17.7 Å². The molecule has 2 heterocycles.